The van der Waals surface area contributed by atoms with Crippen LogP contribution in [0.25, 0.3) is 0 Å². The molecule has 1 aromatic heterocycles. The van der Waals surface area contributed by atoms with Crippen LogP contribution in [0.1, 0.15) is 40.6 Å². The molecular formula is C17H20N2O3. The minimum atomic E-state index is -0.339. The van der Waals surface area contributed by atoms with Gasteiger partial charge < -0.3 is 14.6 Å². The number of amides is 1. The van der Waals surface area contributed by atoms with Crippen LogP contribution >= 0.6 is 0 Å². The second-order valence-electron chi connectivity index (χ2n) is 5.03. The van der Waals surface area contributed by atoms with Crippen LogP contribution in [0.3, 0.4) is 0 Å². The Balaban J connectivity index is 1.96. The molecule has 2 rings (SSSR count). The third kappa shape index (κ3) is 3.97. The third-order valence-electron chi connectivity index (χ3n) is 3.29. The number of unbranched alkanes of at least 4 members (excludes halogenated alkanes) is 1. The van der Waals surface area contributed by atoms with E-state index in [2.05, 4.69) is 5.32 Å². The molecule has 1 heterocycles. The number of benzene rings is 1. The molecule has 5 heteroatoms. The predicted octanol–water partition coefficient (Wildman–Crippen LogP) is 3.23. The van der Waals surface area contributed by atoms with Gasteiger partial charge in [0.25, 0.3) is 5.91 Å². The monoisotopic (exact) mass is 300 g/mol. The Morgan fingerprint density at radius 2 is 1.91 bits per heavy atom. The average Bonchev–Trinajstić information content (AvgIpc) is 2.94. The number of anilines is 1. The fourth-order valence-corrected chi connectivity index (χ4v) is 1.97. The Morgan fingerprint density at radius 1 is 1.18 bits per heavy atom. The summed E-state index contributed by atoms with van der Waals surface area (Å²) in [5, 5.41) is 2.79. The van der Waals surface area contributed by atoms with E-state index in [9.17, 15) is 9.59 Å². The van der Waals surface area contributed by atoms with Crippen LogP contribution in [0.5, 0.6) is 0 Å². The van der Waals surface area contributed by atoms with Crippen molar-refractivity contribution in [3.05, 3.63) is 53.9 Å². The molecule has 0 saturated carbocycles. The van der Waals surface area contributed by atoms with Crippen LogP contribution in [0.15, 0.2) is 42.6 Å². The Morgan fingerprint density at radius 3 is 2.50 bits per heavy atom. The Labute approximate surface area is 129 Å². The summed E-state index contributed by atoms with van der Waals surface area (Å²) in [4.78, 5) is 23.8. The van der Waals surface area contributed by atoms with E-state index >= 15 is 0 Å². The molecule has 0 aliphatic heterocycles. The van der Waals surface area contributed by atoms with Gasteiger partial charge in [-0.05, 0) is 42.8 Å². The number of aromatic nitrogens is 1. The van der Waals surface area contributed by atoms with Gasteiger partial charge in [0.2, 0.25) is 0 Å². The van der Waals surface area contributed by atoms with Crippen molar-refractivity contribution in [3.63, 3.8) is 0 Å². The van der Waals surface area contributed by atoms with Crippen LogP contribution in [0, 0.1) is 0 Å². The SMILES string of the molecule is CCCCOC(=O)c1ccc(NC(=O)c2cccn2C)cc1. The van der Waals surface area contributed by atoms with Gasteiger partial charge in [0.05, 0.1) is 12.2 Å². The molecule has 0 bridgehead atoms. The number of rotatable bonds is 6. The smallest absolute Gasteiger partial charge is 0.338 e. The van der Waals surface area contributed by atoms with Crippen molar-refractivity contribution in [1.29, 1.82) is 0 Å². The van der Waals surface area contributed by atoms with Gasteiger partial charge in [-0.1, -0.05) is 13.3 Å². The third-order valence-corrected chi connectivity index (χ3v) is 3.29. The zero-order valence-corrected chi connectivity index (χ0v) is 12.8. The van der Waals surface area contributed by atoms with E-state index < -0.39 is 0 Å². The highest BCUT2D eigenvalue weighted by molar-refractivity contribution is 6.03. The molecule has 0 atom stereocenters. The number of hydrogen-bond donors (Lipinski definition) is 1. The van der Waals surface area contributed by atoms with Gasteiger partial charge in [-0.25, -0.2) is 4.79 Å². The number of hydrogen-bond acceptors (Lipinski definition) is 3. The zero-order chi connectivity index (χ0) is 15.9. The van der Waals surface area contributed by atoms with Gasteiger partial charge in [0, 0.05) is 18.9 Å². The van der Waals surface area contributed by atoms with Crippen molar-refractivity contribution in [3.8, 4) is 0 Å². The minimum absolute atomic E-state index is 0.189. The summed E-state index contributed by atoms with van der Waals surface area (Å²) in [5.41, 5.74) is 1.69. The highest BCUT2D eigenvalue weighted by atomic mass is 16.5. The number of ether oxygens (including phenoxy) is 1. The molecule has 0 aliphatic rings. The van der Waals surface area contributed by atoms with E-state index in [-0.39, 0.29) is 11.9 Å². The molecule has 22 heavy (non-hydrogen) atoms. The molecule has 2 aromatic rings. The summed E-state index contributed by atoms with van der Waals surface area (Å²) >= 11 is 0. The molecule has 0 fully saturated rings. The van der Waals surface area contributed by atoms with E-state index in [0.717, 1.165) is 12.8 Å². The molecule has 0 unspecified atom stereocenters. The predicted molar refractivity (Wildman–Crippen MR) is 85.0 cm³/mol. The summed E-state index contributed by atoms with van der Waals surface area (Å²) in [6.45, 7) is 2.47. The first-order valence-electron chi connectivity index (χ1n) is 7.31. The maximum atomic E-state index is 12.1. The average molecular weight is 300 g/mol. The number of nitrogens with one attached hydrogen (secondary N) is 1. The van der Waals surface area contributed by atoms with Crippen molar-refractivity contribution in [2.45, 2.75) is 19.8 Å². The van der Waals surface area contributed by atoms with Crippen LogP contribution < -0.4 is 5.32 Å². The first-order valence-corrected chi connectivity index (χ1v) is 7.31. The fraction of sp³-hybridized carbons (Fsp3) is 0.294. The van der Waals surface area contributed by atoms with Crippen molar-refractivity contribution in [2.24, 2.45) is 7.05 Å². The molecule has 1 amide bonds. The van der Waals surface area contributed by atoms with E-state index in [4.69, 9.17) is 4.74 Å². The van der Waals surface area contributed by atoms with Gasteiger partial charge in [0.15, 0.2) is 0 Å². The number of carbonyl (C=O) groups excluding carboxylic acids is 2. The van der Waals surface area contributed by atoms with Gasteiger partial charge in [-0.3, -0.25) is 4.79 Å². The highest BCUT2D eigenvalue weighted by Gasteiger charge is 2.10. The van der Waals surface area contributed by atoms with Crippen molar-refractivity contribution in [1.82, 2.24) is 4.57 Å². The summed E-state index contributed by atoms with van der Waals surface area (Å²) in [6.07, 6.45) is 3.65. The normalized spacial score (nSPS) is 10.3. The second-order valence-corrected chi connectivity index (χ2v) is 5.03. The van der Waals surface area contributed by atoms with Gasteiger partial charge >= 0.3 is 5.97 Å². The van der Waals surface area contributed by atoms with Crippen molar-refractivity contribution >= 4 is 17.6 Å². The molecule has 5 nitrogen and oxygen atoms in total. The summed E-state index contributed by atoms with van der Waals surface area (Å²) in [7, 11) is 1.81. The summed E-state index contributed by atoms with van der Waals surface area (Å²) < 4.78 is 6.88. The van der Waals surface area contributed by atoms with E-state index in [1.165, 1.54) is 0 Å². The first kappa shape index (κ1) is 15.8. The second kappa shape index (κ2) is 7.45. The quantitative estimate of drug-likeness (QED) is 0.658. The zero-order valence-electron chi connectivity index (χ0n) is 12.8. The van der Waals surface area contributed by atoms with Crippen LogP contribution in [-0.2, 0) is 11.8 Å². The lowest BCUT2D eigenvalue weighted by Gasteiger charge is -2.07. The maximum absolute atomic E-state index is 12.1. The highest BCUT2D eigenvalue weighted by Crippen LogP contribution is 2.12. The number of nitrogens with zero attached hydrogens (tertiary/aromatic N) is 1. The molecule has 1 aromatic carbocycles. The standard InChI is InChI=1S/C17H20N2O3/c1-3-4-12-22-17(21)13-7-9-14(10-8-13)18-16(20)15-6-5-11-19(15)2/h5-11H,3-4,12H2,1-2H3,(H,18,20). The Kier molecular flexibility index (Phi) is 5.36. The summed E-state index contributed by atoms with van der Waals surface area (Å²) in [6, 6.07) is 10.2. The summed E-state index contributed by atoms with van der Waals surface area (Å²) in [5.74, 6) is -0.528. The lowest BCUT2D eigenvalue weighted by molar-refractivity contribution is 0.0499. The minimum Gasteiger partial charge on any atom is -0.462 e. The van der Waals surface area contributed by atoms with Crippen LogP contribution in [0.4, 0.5) is 5.69 Å². The molecule has 0 spiro atoms. The molecule has 116 valence electrons. The maximum Gasteiger partial charge on any atom is 0.338 e. The molecule has 0 aliphatic carbocycles. The molecule has 0 saturated heterocycles. The largest absolute Gasteiger partial charge is 0.462 e. The van der Waals surface area contributed by atoms with Gasteiger partial charge in [-0.15, -0.1) is 0 Å². The van der Waals surface area contributed by atoms with Crippen LogP contribution in [-0.4, -0.2) is 23.1 Å². The molecular weight excluding hydrogens is 280 g/mol. The lowest BCUT2D eigenvalue weighted by atomic mass is 10.2. The van der Waals surface area contributed by atoms with Crippen LogP contribution in [0.2, 0.25) is 0 Å². The van der Waals surface area contributed by atoms with E-state index in [1.54, 1.807) is 34.9 Å². The van der Waals surface area contributed by atoms with E-state index in [0.29, 0.717) is 23.6 Å². The Bertz CT molecular complexity index is 644. The number of aryl methyl sites for hydroxylation is 1. The molecule has 0 radical (unpaired) electrons. The fourth-order valence-electron chi connectivity index (χ4n) is 1.97. The topological polar surface area (TPSA) is 60.3 Å². The van der Waals surface area contributed by atoms with Gasteiger partial charge in [0.1, 0.15) is 5.69 Å². The van der Waals surface area contributed by atoms with Crippen molar-refractivity contribution < 1.29 is 14.3 Å². The molecule has 1 N–H and O–H groups in total. The number of carbonyl (C=O) groups is 2. The lowest BCUT2D eigenvalue weighted by Crippen LogP contribution is -2.15. The van der Waals surface area contributed by atoms with Gasteiger partial charge in [-0.2, -0.15) is 0 Å². The number of esters is 1. The Hall–Kier alpha value is -2.56. The van der Waals surface area contributed by atoms with E-state index in [1.807, 2.05) is 26.2 Å². The first-order chi connectivity index (χ1) is 10.6. The van der Waals surface area contributed by atoms with Crippen molar-refractivity contribution in [2.75, 3.05) is 11.9 Å².